The van der Waals surface area contributed by atoms with Crippen LogP contribution >= 0.6 is 0 Å². The Labute approximate surface area is 154 Å². The second-order valence-corrected chi connectivity index (χ2v) is 6.21. The lowest BCUT2D eigenvalue weighted by molar-refractivity contribution is -0.114. The highest BCUT2D eigenvalue weighted by Gasteiger charge is 2.12. The molecule has 0 saturated carbocycles. The predicted octanol–water partition coefficient (Wildman–Crippen LogP) is 3.35. The summed E-state index contributed by atoms with van der Waals surface area (Å²) in [7, 11) is 3.17. The summed E-state index contributed by atoms with van der Waals surface area (Å²) in [6.07, 6.45) is 2.50. The molecule has 2 aromatic carbocycles. The molecule has 0 aliphatic carbocycles. The minimum absolute atomic E-state index is 0.103. The van der Waals surface area contributed by atoms with E-state index in [1.54, 1.807) is 26.4 Å². The molecule has 0 unspecified atom stereocenters. The van der Waals surface area contributed by atoms with E-state index in [9.17, 15) is 4.79 Å². The molecular formula is C20H25N3O3. The van der Waals surface area contributed by atoms with Gasteiger partial charge in [-0.15, -0.1) is 0 Å². The number of carbonyl (C=O) groups is 1. The van der Waals surface area contributed by atoms with E-state index in [-0.39, 0.29) is 12.5 Å². The molecule has 6 heteroatoms. The van der Waals surface area contributed by atoms with Crippen LogP contribution in [0.15, 0.2) is 42.5 Å². The molecule has 138 valence electrons. The molecule has 0 aromatic heterocycles. The van der Waals surface area contributed by atoms with Crippen molar-refractivity contribution in [1.82, 2.24) is 0 Å². The number of nitrogens with zero attached hydrogens (tertiary/aromatic N) is 1. The third-order valence-electron chi connectivity index (χ3n) is 4.46. The normalized spacial score (nSPS) is 13.4. The Hall–Kier alpha value is -2.89. The maximum Gasteiger partial charge on any atom is 0.243 e. The SMILES string of the molecule is COc1ccc(NCC(=O)Nc2ccc(N3CCCC3)cc2)cc1OC. The van der Waals surface area contributed by atoms with Gasteiger partial charge in [-0.25, -0.2) is 0 Å². The number of methoxy groups -OCH3 is 2. The van der Waals surface area contributed by atoms with Crippen molar-refractivity contribution in [2.24, 2.45) is 0 Å². The highest BCUT2D eigenvalue weighted by molar-refractivity contribution is 5.93. The molecule has 0 spiro atoms. The van der Waals surface area contributed by atoms with E-state index >= 15 is 0 Å². The zero-order valence-electron chi connectivity index (χ0n) is 15.2. The van der Waals surface area contributed by atoms with Gasteiger partial charge in [-0.1, -0.05) is 0 Å². The quantitative estimate of drug-likeness (QED) is 0.797. The maximum atomic E-state index is 12.2. The van der Waals surface area contributed by atoms with E-state index in [4.69, 9.17) is 9.47 Å². The fourth-order valence-electron chi connectivity index (χ4n) is 3.06. The first kappa shape index (κ1) is 17.9. The highest BCUT2D eigenvalue weighted by atomic mass is 16.5. The van der Waals surface area contributed by atoms with Crippen LogP contribution in [0.3, 0.4) is 0 Å². The molecule has 1 saturated heterocycles. The van der Waals surface area contributed by atoms with E-state index in [2.05, 4.69) is 27.7 Å². The van der Waals surface area contributed by atoms with Crippen LogP contribution < -0.4 is 25.0 Å². The Kier molecular flexibility index (Phi) is 5.84. The van der Waals surface area contributed by atoms with Gasteiger partial charge in [0.1, 0.15) is 0 Å². The molecule has 6 nitrogen and oxygen atoms in total. The van der Waals surface area contributed by atoms with Crippen LogP contribution in [-0.4, -0.2) is 39.8 Å². The first-order valence-electron chi connectivity index (χ1n) is 8.80. The molecule has 0 bridgehead atoms. The predicted molar refractivity (Wildman–Crippen MR) is 105 cm³/mol. The summed E-state index contributed by atoms with van der Waals surface area (Å²) < 4.78 is 10.5. The minimum atomic E-state index is -0.103. The first-order chi connectivity index (χ1) is 12.7. The summed E-state index contributed by atoms with van der Waals surface area (Å²) in [4.78, 5) is 14.5. The molecule has 1 fully saturated rings. The zero-order chi connectivity index (χ0) is 18.4. The van der Waals surface area contributed by atoms with Crippen molar-refractivity contribution < 1.29 is 14.3 Å². The standard InChI is InChI=1S/C20H25N3O3/c1-25-18-10-7-16(13-19(18)26-2)21-14-20(24)22-15-5-8-17(9-6-15)23-11-3-4-12-23/h5-10,13,21H,3-4,11-12,14H2,1-2H3,(H,22,24). The van der Waals surface area contributed by atoms with Gasteiger partial charge in [-0.3, -0.25) is 4.79 Å². The highest BCUT2D eigenvalue weighted by Crippen LogP contribution is 2.29. The summed E-state index contributed by atoms with van der Waals surface area (Å²) in [6.45, 7) is 2.39. The number of rotatable bonds is 7. The molecule has 0 atom stereocenters. The largest absolute Gasteiger partial charge is 0.493 e. The maximum absolute atomic E-state index is 12.2. The lowest BCUT2D eigenvalue weighted by Crippen LogP contribution is -2.22. The van der Waals surface area contributed by atoms with Gasteiger partial charge in [-0.05, 0) is 49.2 Å². The van der Waals surface area contributed by atoms with Crippen LogP contribution in [0.25, 0.3) is 0 Å². The molecule has 3 rings (SSSR count). The van der Waals surface area contributed by atoms with Crippen molar-refractivity contribution in [2.45, 2.75) is 12.8 Å². The molecular weight excluding hydrogens is 330 g/mol. The van der Waals surface area contributed by atoms with Gasteiger partial charge in [0.25, 0.3) is 0 Å². The van der Waals surface area contributed by atoms with Gasteiger partial charge >= 0.3 is 0 Å². The number of carbonyl (C=O) groups excluding carboxylic acids is 1. The summed E-state index contributed by atoms with van der Waals surface area (Å²) in [6, 6.07) is 13.5. The summed E-state index contributed by atoms with van der Waals surface area (Å²) in [5.41, 5.74) is 2.80. The van der Waals surface area contributed by atoms with Gasteiger partial charge in [0.05, 0.1) is 20.8 Å². The summed E-state index contributed by atoms with van der Waals surface area (Å²) in [5, 5.41) is 6.00. The van der Waals surface area contributed by atoms with Gasteiger partial charge in [0, 0.05) is 36.2 Å². The monoisotopic (exact) mass is 355 g/mol. The molecule has 2 N–H and O–H groups in total. The molecule has 0 radical (unpaired) electrons. The lowest BCUT2D eigenvalue weighted by atomic mass is 10.2. The van der Waals surface area contributed by atoms with Crippen molar-refractivity contribution in [3.63, 3.8) is 0 Å². The van der Waals surface area contributed by atoms with Crippen LogP contribution in [0.1, 0.15) is 12.8 Å². The topological polar surface area (TPSA) is 62.8 Å². The van der Waals surface area contributed by atoms with Gasteiger partial charge in [0.15, 0.2) is 11.5 Å². The molecule has 1 heterocycles. The van der Waals surface area contributed by atoms with Gasteiger partial charge < -0.3 is 25.0 Å². The molecule has 2 aromatic rings. The number of hydrogen-bond acceptors (Lipinski definition) is 5. The van der Waals surface area contributed by atoms with Crippen LogP contribution in [0.4, 0.5) is 17.1 Å². The van der Waals surface area contributed by atoms with E-state index in [0.29, 0.717) is 11.5 Å². The van der Waals surface area contributed by atoms with Crippen molar-refractivity contribution >= 4 is 23.0 Å². The van der Waals surface area contributed by atoms with E-state index in [1.807, 2.05) is 18.2 Å². The van der Waals surface area contributed by atoms with E-state index in [1.165, 1.54) is 18.5 Å². The van der Waals surface area contributed by atoms with Crippen LogP contribution in [0, 0.1) is 0 Å². The Bertz CT molecular complexity index is 740. The molecule has 1 aliphatic rings. The van der Waals surface area contributed by atoms with Crippen molar-refractivity contribution in [1.29, 1.82) is 0 Å². The van der Waals surface area contributed by atoms with Crippen molar-refractivity contribution in [3.8, 4) is 11.5 Å². The lowest BCUT2D eigenvalue weighted by Gasteiger charge is -2.17. The average molecular weight is 355 g/mol. The Balaban J connectivity index is 1.52. The zero-order valence-corrected chi connectivity index (χ0v) is 15.2. The Morgan fingerprint density at radius 1 is 0.962 bits per heavy atom. The van der Waals surface area contributed by atoms with Crippen LogP contribution in [-0.2, 0) is 4.79 Å². The molecule has 1 amide bonds. The van der Waals surface area contributed by atoms with Crippen LogP contribution in [0.5, 0.6) is 11.5 Å². The number of hydrogen-bond donors (Lipinski definition) is 2. The fourth-order valence-corrected chi connectivity index (χ4v) is 3.06. The number of nitrogens with one attached hydrogen (secondary N) is 2. The molecule has 26 heavy (non-hydrogen) atoms. The number of amides is 1. The average Bonchev–Trinajstić information content (AvgIpc) is 3.21. The van der Waals surface area contributed by atoms with Crippen LogP contribution in [0.2, 0.25) is 0 Å². The molecule has 1 aliphatic heterocycles. The van der Waals surface area contributed by atoms with E-state index < -0.39 is 0 Å². The number of anilines is 3. The van der Waals surface area contributed by atoms with Gasteiger partial charge in [-0.2, -0.15) is 0 Å². The Morgan fingerprint density at radius 3 is 2.27 bits per heavy atom. The fraction of sp³-hybridized carbons (Fsp3) is 0.350. The van der Waals surface area contributed by atoms with Crippen molar-refractivity contribution in [3.05, 3.63) is 42.5 Å². The second kappa shape index (κ2) is 8.47. The van der Waals surface area contributed by atoms with Crippen molar-refractivity contribution in [2.75, 3.05) is 49.4 Å². The van der Waals surface area contributed by atoms with Gasteiger partial charge in [0.2, 0.25) is 5.91 Å². The minimum Gasteiger partial charge on any atom is -0.493 e. The summed E-state index contributed by atoms with van der Waals surface area (Å²) >= 11 is 0. The second-order valence-electron chi connectivity index (χ2n) is 6.21. The smallest absolute Gasteiger partial charge is 0.243 e. The number of benzene rings is 2. The Morgan fingerprint density at radius 2 is 1.62 bits per heavy atom. The third-order valence-corrected chi connectivity index (χ3v) is 4.46. The summed E-state index contributed by atoms with van der Waals surface area (Å²) in [5.74, 6) is 1.17. The first-order valence-corrected chi connectivity index (χ1v) is 8.80. The third kappa shape index (κ3) is 4.39. The van der Waals surface area contributed by atoms with E-state index in [0.717, 1.165) is 24.5 Å². The number of ether oxygens (including phenoxy) is 2.